The van der Waals surface area contributed by atoms with Gasteiger partial charge in [0.25, 0.3) is 0 Å². The Morgan fingerprint density at radius 3 is 2.41 bits per heavy atom. The normalized spacial score (nSPS) is 13.7. The van der Waals surface area contributed by atoms with Gasteiger partial charge in [0.2, 0.25) is 0 Å². The van der Waals surface area contributed by atoms with E-state index in [-0.39, 0.29) is 18.4 Å². The van der Waals surface area contributed by atoms with E-state index in [4.69, 9.17) is 23.2 Å². The molecule has 1 aromatic rings. The molecule has 1 nitrogen and oxygen atoms in total. The molecule has 0 N–H and O–H groups in total. The molecule has 0 radical (unpaired) electrons. The zero-order chi connectivity index (χ0) is 12.9. The Labute approximate surface area is 107 Å². The maximum atomic E-state index is 11.9. The Morgan fingerprint density at radius 2 is 1.88 bits per heavy atom. The Kier molecular flexibility index (Phi) is 5.56. The lowest BCUT2D eigenvalue weighted by Gasteiger charge is -2.16. The fraction of sp³-hybridized carbons (Fsp3) is 0.455. The van der Waals surface area contributed by atoms with Crippen molar-refractivity contribution in [3.63, 3.8) is 0 Å². The lowest BCUT2D eigenvalue weighted by molar-refractivity contribution is -0.174. The van der Waals surface area contributed by atoms with Gasteiger partial charge in [-0.25, -0.2) is 0 Å². The first kappa shape index (κ1) is 14.6. The molecule has 1 aromatic carbocycles. The monoisotopic (exact) mass is 286 g/mol. The minimum Gasteiger partial charge on any atom is -0.371 e. The predicted molar refractivity (Wildman–Crippen MR) is 61.8 cm³/mol. The van der Waals surface area contributed by atoms with Crippen LogP contribution in [0, 0.1) is 0 Å². The summed E-state index contributed by atoms with van der Waals surface area (Å²) < 4.78 is 40.3. The molecule has 0 aliphatic heterocycles. The number of alkyl halides is 4. The van der Waals surface area contributed by atoms with Gasteiger partial charge in [-0.3, -0.25) is 0 Å². The van der Waals surface area contributed by atoms with Gasteiger partial charge in [0.1, 0.15) is 6.61 Å². The fourth-order valence-corrected chi connectivity index (χ4v) is 1.89. The smallest absolute Gasteiger partial charge is 0.371 e. The summed E-state index contributed by atoms with van der Waals surface area (Å²) in [4.78, 5) is 0. The molecule has 0 heterocycles. The van der Waals surface area contributed by atoms with Gasteiger partial charge in [-0.2, -0.15) is 13.2 Å². The maximum absolute atomic E-state index is 11.9. The van der Waals surface area contributed by atoms with Crippen molar-refractivity contribution in [2.24, 2.45) is 0 Å². The molecular weight excluding hydrogens is 276 g/mol. The summed E-state index contributed by atoms with van der Waals surface area (Å²) in [6.45, 7) is -1.38. The minimum atomic E-state index is -4.32. The maximum Gasteiger partial charge on any atom is 0.411 e. The number of rotatable bonds is 5. The third kappa shape index (κ3) is 5.15. The van der Waals surface area contributed by atoms with Crippen molar-refractivity contribution in [3.05, 3.63) is 34.9 Å². The van der Waals surface area contributed by atoms with Crippen molar-refractivity contribution in [1.82, 2.24) is 0 Å². The molecule has 0 aliphatic rings. The van der Waals surface area contributed by atoms with Gasteiger partial charge in [-0.15, -0.1) is 11.6 Å². The van der Waals surface area contributed by atoms with E-state index in [2.05, 4.69) is 4.74 Å². The highest BCUT2D eigenvalue weighted by atomic mass is 35.5. The molecule has 0 fully saturated rings. The molecule has 96 valence electrons. The van der Waals surface area contributed by atoms with Crippen molar-refractivity contribution in [2.45, 2.75) is 12.1 Å². The molecule has 17 heavy (non-hydrogen) atoms. The Morgan fingerprint density at radius 1 is 1.24 bits per heavy atom. The van der Waals surface area contributed by atoms with Crippen LogP contribution in [0.3, 0.4) is 0 Å². The van der Waals surface area contributed by atoms with Crippen LogP contribution in [0.25, 0.3) is 0 Å². The number of benzene rings is 1. The molecule has 1 rings (SSSR count). The van der Waals surface area contributed by atoms with Gasteiger partial charge in [-0.05, 0) is 11.6 Å². The molecule has 6 heteroatoms. The first-order valence-corrected chi connectivity index (χ1v) is 5.80. The zero-order valence-electron chi connectivity index (χ0n) is 8.81. The molecule has 1 unspecified atom stereocenters. The number of hydrogen-bond donors (Lipinski definition) is 0. The first-order chi connectivity index (χ1) is 7.94. The summed E-state index contributed by atoms with van der Waals surface area (Å²) in [5.41, 5.74) is 0.700. The summed E-state index contributed by atoms with van der Waals surface area (Å²) in [6.07, 6.45) is -4.32. The SMILES string of the molecule is FC(F)(F)COCC(CCl)c1ccccc1Cl. The van der Waals surface area contributed by atoms with Crippen LogP contribution in [0.4, 0.5) is 13.2 Å². The second-order valence-electron chi connectivity index (χ2n) is 3.50. The number of halogens is 5. The van der Waals surface area contributed by atoms with Crippen LogP contribution in [0.15, 0.2) is 24.3 Å². The van der Waals surface area contributed by atoms with Gasteiger partial charge < -0.3 is 4.74 Å². The lowest BCUT2D eigenvalue weighted by Crippen LogP contribution is -2.20. The quantitative estimate of drug-likeness (QED) is 0.736. The second-order valence-corrected chi connectivity index (χ2v) is 4.22. The highest BCUT2D eigenvalue weighted by molar-refractivity contribution is 6.31. The molecule has 0 aromatic heterocycles. The van der Waals surface area contributed by atoms with Crippen LogP contribution >= 0.6 is 23.2 Å². The summed E-state index contributed by atoms with van der Waals surface area (Å²) in [7, 11) is 0. The summed E-state index contributed by atoms with van der Waals surface area (Å²) in [5.74, 6) is -0.186. The summed E-state index contributed by atoms with van der Waals surface area (Å²) >= 11 is 11.6. The van der Waals surface area contributed by atoms with Crippen molar-refractivity contribution < 1.29 is 17.9 Å². The van der Waals surface area contributed by atoms with E-state index in [9.17, 15) is 13.2 Å². The summed E-state index contributed by atoms with van der Waals surface area (Å²) in [5, 5.41) is 0.480. The summed E-state index contributed by atoms with van der Waals surface area (Å²) in [6, 6.07) is 6.89. The van der Waals surface area contributed by atoms with Gasteiger partial charge in [-0.1, -0.05) is 29.8 Å². The van der Waals surface area contributed by atoms with E-state index in [0.717, 1.165) is 0 Å². The topological polar surface area (TPSA) is 9.23 Å². The van der Waals surface area contributed by atoms with Gasteiger partial charge >= 0.3 is 6.18 Å². The van der Waals surface area contributed by atoms with Gasteiger partial charge in [0, 0.05) is 16.8 Å². The molecule has 1 atom stereocenters. The average molecular weight is 287 g/mol. The van der Waals surface area contributed by atoms with Crippen LogP contribution in [-0.4, -0.2) is 25.3 Å². The Bertz CT molecular complexity index is 355. The Hall–Kier alpha value is -0.450. The molecule has 0 saturated heterocycles. The standard InChI is InChI=1S/C11H11Cl2F3O/c12-5-8(6-17-7-11(14,15)16)9-3-1-2-4-10(9)13/h1-4,8H,5-7H2. The average Bonchev–Trinajstić information content (AvgIpc) is 2.24. The molecule has 0 spiro atoms. The van der Waals surface area contributed by atoms with Crippen molar-refractivity contribution >= 4 is 23.2 Å². The minimum absolute atomic E-state index is 0.104. The van der Waals surface area contributed by atoms with Gasteiger partial charge in [0.05, 0.1) is 6.61 Å². The van der Waals surface area contributed by atoms with Crippen molar-refractivity contribution in [3.8, 4) is 0 Å². The van der Waals surface area contributed by atoms with Crippen molar-refractivity contribution in [2.75, 3.05) is 19.1 Å². The predicted octanol–water partition coefficient (Wildman–Crippen LogP) is 4.24. The largest absolute Gasteiger partial charge is 0.411 e. The molecule has 0 aliphatic carbocycles. The van der Waals surface area contributed by atoms with E-state index in [1.807, 2.05) is 0 Å². The van der Waals surface area contributed by atoms with Crippen LogP contribution in [0.2, 0.25) is 5.02 Å². The van der Waals surface area contributed by atoms with Crippen LogP contribution in [0.1, 0.15) is 11.5 Å². The van der Waals surface area contributed by atoms with Crippen LogP contribution < -0.4 is 0 Å². The van der Waals surface area contributed by atoms with E-state index in [1.54, 1.807) is 24.3 Å². The second kappa shape index (κ2) is 6.47. The first-order valence-electron chi connectivity index (χ1n) is 4.89. The number of hydrogen-bond acceptors (Lipinski definition) is 1. The van der Waals surface area contributed by atoms with E-state index >= 15 is 0 Å². The third-order valence-electron chi connectivity index (χ3n) is 2.12. The molecule has 0 bridgehead atoms. The highest BCUT2D eigenvalue weighted by Crippen LogP contribution is 2.26. The molecular formula is C11H11Cl2F3O. The fourth-order valence-electron chi connectivity index (χ4n) is 1.34. The zero-order valence-corrected chi connectivity index (χ0v) is 10.3. The molecule has 0 saturated carbocycles. The van der Waals surface area contributed by atoms with E-state index in [1.165, 1.54) is 0 Å². The van der Waals surface area contributed by atoms with E-state index in [0.29, 0.717) is 10.6 Å². The van der Waals surface area contributed by atoms with Crippen molar-refractivity contribution in [1.29, 1.82) is 0 Å². The van der Waals surface area contributed by atoms with Crippen LogP contribution in [0.5, 0.6) is 0 Å². The molecule has 0 amide bonds. The highest BCUT2D eigenvalue weighted by Gasteiger charge is 2.28. The van der Waals surface area contributed by atoms with Crippen LogP contribution in [-0.2, 0) is 4.74 Å². The number of ether oxygens (including phenoxy) is 1. The third-order valence-corrected chi connectivity index (χ3v) is 2.83. The Balaban J connectivity index is 2.58. The lowest BCUT2D eigenvalue weighted by atomic mass is 10.0. The van der Waals surface area contributed by atoms with Gasteiger partial charge in [0.15, 0.2) is 0 Å². The van der Waals surface area contributed by atoms with E-state index < -0.39 is 12.8 Å².